The van der Waals surface area contributed by atoms with Gasteiger partial charge in [-0.25, -0.2) is 4.98 Å². The van der Waals surface area contributed by atoms with Gasteiger partial charge in [0.15, 0.2) is 17.2 Å². The van der Waals surface area contributed by atoms with Crippen molar-refractivity contribution in [1.82, 2.24) is 4.98 Å². The number of fused-ring (bicyclic) bond motifs is 7. The fourth-order valence-corrected chi connectivity index (χ4v) is 8.23. The minimum Gasteiger partial charge on any atom is -0.360 e. The summed E-state index contributed by atoms with van der Waals surface area (Å²) >= 11 is 13.8. The molecule has 3 N–H and O–H groups in total. The Bertz CT molecular complexity index is 3140. The SMILES string of the molecule is O=S(=O)(O)Oc1c2ccccc2c(OS(=O)(=O)O)c2c1ccc1c3ccc4c(OS(=O)(=O)O)c5ccccc5c5c(Cl)c(Cl)c(nc12)c3c45. The highest BCUT2D eigenvalue weighted by Crippen LogP contribution is 2.53. The van der Waals surface area contributed by atoms with Crippen molar-refractivity contribution >= 4 is 130 Å². The molecule has 0 amide bonds. The third kappa shape index (κ3) is 4.99. The van der Waals surface area contributed by atoms with Gasteiger partial charge in [0.25, 0.3) is 0 Å². The molecule has 8 aromatic rings. The molecule has 1 heterocycles. The van der Waals surface area contributed by atoms with Crippen LogP contribution in [0.5, 0.6) is 17.2 Å². The molecule has 0 aliphatic heterocycles. The highest BCUT2D eigenvalue weighted by Gasteiger charge is 2.29. The minimum atomic E-state index is -5.19. The van der Waals surface area contributed by atoms with Gasteiger partial charge in [0.1, 0.15) is 0 Å². The fourth-order valence-electron chi connectivity index (χ4n) is 6.55. The first-order chi connectivity index (χ1) is 23.0. The molecule has 0 saturated heterocycles. The van der Waals surface area contributed by atoms with E-state index in [4.69, 9.17) is 40.7 Å². The van der Waals surface area contributed by atoms with Crippen molar-refractivity contribution in [3.05, 3.63) is 82.8 Å². The summed E-state index contributed by atoms with van der Waals surface area (Å²) in [6.45, 7) is 0. The third-order valence-electron chi connectivity index (χ3n) is 8.14. The van der Waals surface area contributed by atoms with Crippen LogP contribution in [0.1, 0.15) is 0 Å². The summed E-state index contributed by atoms with van der Waals surface area (Å²) in [7, 11) is -15.3. The van der Waals surface area contributed by atoms with E-state index in [2.05, 4.69) is 0 Å². The molecule has 7 aromatic carbocycles. The van der Waals surface area contributed by atoms with E-state index in [1.54, 1.807) is 30.3 Å². The number of nitrogens with zero attached hydrogens (tertiary/aromatic N) is 1. The van der Waals surface area contributed by atoms with Crippen LogP contribution in [-0.2, 0) is 31.2 Å². The highest BCUT2D eigenvalue weighted by atomic mass is 35.5. The minimum absolute atomic E-state index is 0.00241. The molecule has 248 valence electrons. The number of rotatable bonds is 6. The highest BCUT2D eigenvalue weighted by molar-refractivity contribution is 7.81. The van der Waals surface area contributed by atoms with Crippen LogP contribution in [0.2, 0.25) is 10.0 Å². The Kier molecular flexibility index (Phi) is 6.79. The molecule has 0 unspecified atom stereocenters. The number of benzene rings is 7. The van der Waals surface area contributed by atoms with Crippen LogP contribution in [-0.4, -0.2) is 43.9 Å². The van der Waals surface area contributed by atoms with Gasteiger partial charge in [-0.05, 0) is 22.9 Å². The van der Waals surface area contributed by atoms with Crippen molar-refractivity contribution in [2.24, 2.45) is 0 Å². The van der Waals surface area contributed by atoms with Gasteiger partial charge < -0.3 is 12.5 Å². The van der Waals surface area contributed by atoms with Crippen molar-refractivity contribution in [1.29, 1.82) is 0 Å². The van der Waals surface area contributed by atoms with Crippen LogP contribution in [0.3, 0.4) is 0 Å². The van der Waals surface area contributed by atoms with Gasteiger partial charge in [-0.3, -0.25) is 13.7 Å². The Morgan fingerprint density at radius 3 is 1.39 bits per heavy atom. The van der Waals surface area contributed by atoms with E-state index in [0.29, 0.717) is 37.7 Å². The summed E-state index contributed by atoms with van der Waals surface area (Å²) in [4.78, 5) is 4.79. The zero-order valence-corrected chi connectivity index (χ0v) is 27.8. The van der Waals surface area contributed by atoms with Crippen LogP contribution < -0.4 is 12.5 Å². The average molecular weight is 761 g/mol. The van der Waals surface area contributed by atoms with Gasteiger partial charge in [0.2, 0.25) is 0 Å². The van der Waals surface area contributed by atoms with Crippen molar-refractivity contribution in [2.75, 3.05) is 0 Å². The summed E-state index contributed by atoms with van der Waals surface area (Å²) in [5.74, 6) is -1.03. The van der Waals surface area contributed by atoms with Crippen LogP contribution in [0.4, 0.5) is 0 Å². The van der Waals surface area contributed by atoms with Crippen LogP contribution in [0.15, 0.2) is 72.8 Å². The van der Waals surface area contributed by atoms with Crippen molar-refractivity contribution in [2.45, 2.75) is 0 Å². The molecule has 49 heavy (non-hydrogen) atoms. The summed E-state index contributed by atoms with van der Waals surface area (Å²) in [5.41, 5.74) is 0.0428. The van der Waals surface area contributed by atoms with Crippen molar-refractivity contribution in [3.63, 3.8) is 0 Å². The Balaban J connectivity index is 1.65. The molecule has 0 radical (unpaired) electrons. The molecule has 18 heteroatoms. The van der Waals surface area contributed by atoms with E-state index in [1.165, 1.54) is 42.5 Å². The van der Waals surface area contributed by atoms with E-state index in [0.717, 1.165) is 0 Å². The molecule has 0 saturated carbocycles. The molecule has 0 aliphatic rings. The summed E-state index contributed by atoms with van der Waals surface area (Å²) in [6, 6.07) is 18.4. The number of aromatic nitrogens is 1. The van der Waals surface area contributed by atoms with Crippen LogP contribution in [0, 0.1) is 0 Å². The van der Waals surface area contributed by atoms with Gasteiger partial charge in [-0.2, -0.15) is 25.3 Å². The maximum atomic E-state index is 12.2. The number of hydrogen-bond acceptors (Lipinski definition) is 10. The average Bonchev–Trinajstić information content (AvgIpc) is 3.02. The summed E-state index contributed by atoms with van der Waals surface area (Å²) in [6.07, 6.45) is 0. The predicted molar refractivity (Wildman–Crippen MR) is 185 cm³/mol. The van der Waals surface area contributed by atoms with Gasteiger partial charge in [0, 0.05) is 48.5 Å². The van der Waals surface area contributed by atoms with Crippen LogP contribution in [0.25, 0.3) is 75.7 Å². The van der Waals surface area contributed by atoms with Gasteiger partial charge >= 0.3 is 31.2 Å². The lowest BCUT2D eigenvalue weighted by atomic mass is 9.89. The molecular formula is C31H15Cl2NO12S3. The van der Waals surface area contributed by atoms with Crippen LogP contribution >= 0.6 is 23.2 Å². The molecule has 0 fully saturated rings. The Morgan fingerprint density at radius 1 is 0.429 bits per heavy atom. The largest absolute Gasteiger partial charge is 0.446 e. The summed E-state index contributed by atoms with van der Waals surface area (Å²) < 4.78 is 117. The molecular weight excluding hydrogens is 745 g/mol. The number of pyridine rings is 1. The molecule has 1 aromatic heterocycles. The quantitative estimate of drug-likeness (QED) is 0.0857. The second-order valence-corrected chi connectivity index (χ2v) is 14.7. The monoisotopic (exact) mass is 759 g/mol. The molecule has 8 rings (SSSR count). The molecule has 0 bridgehead atoms. The second kappa shape index (κ2) is 10.5. The second-order valence-electron chi connectivity index (χ2n) is 10.9. The molecule has 0 aliphatic carbocycles. The standard InChI is InChI=1S/C31H15Cl2NO12S3/c32-25-22-13-5-1-2-6-16(13)29(44-47(35,36)37)19-11-9-14-15-10-12-20-24(27(15)34-28(26(25)33)23(14)21(19)22)31(46-49(41,42)43)18-8-4-3-7-17(18)30(20)45-48(38,39)40/h1-12H,(H,35,36,37)(H,38,39,40)(H,41,42,43). The van der Waals surface area contributed by atoms with Gasteiger partial charge in [-0.15, -0.1) is 0 Å². The third-order valence-corrected chi connectivity index (χ3v) is 10.1. The lowest BCUT2D eigenvalue weighted by Gasteiger charge is -2.20. The first-order valence-corrected chi connectivity index (χ1v) is 18.6. The van der Waals surface area contributed by atoms with Crippen molar-refractivity contribution in [3.8, 4) is 17.2 Å². The van der Waals surface area contributed by atoms with E-state index in [-0.39, 0.29) is 53.8 Å². The van der Waals surface area contributed by atoms with Gasteiger partial charge in [-0.1, -0.05) is 83.9 Å². The molecule has 13 nitrogen and oxygen atoms in total. The number of hydrogen-bond donors (Lipinski definition) is 3. The summed E-state index contributed by atoms with van der Waals surface area (Å²) in [5, 5.41) is 2.63. The van der Waals surface area contributed by atoms with E-state index < -0.39 is 42.7 Å². The fraction of sp³-hybridized carbons (Fsp3) is 0. The molecule has 0 atom stereocenters. The van der Waals surface area contributed by atoms with E-state index in [1.807, 2.05) is 0 Å². The predicted octanol–water partition coefficient (Wildman–Crippen LogP) is 7.44. The Labute approximate surface area is 285 Å². The van der Waals surface area contributed by atoms with Gasteiger partial charge in [0.05, 0.1) is 26.5 Å². The Morgan fingerprint density at radius 2 is 0.837 bits per heavy atom. The van der Waals surface area contributed by atoms with Crippen molar-refractivity contribution < 1.29 is 51.5 Å². The maximum Gasteiger partial charge on any atom is 0.446 e. The smallest absolute Gasteiger partial charge is 0.360 e. The van der Waals surface area contributed by atoms with E-state index in [9.17, 15) is 38.9 Å². The first-order valence-electron chi connectivity index (χ1n) is 13.7. The first kappa shape index (κ1) is 31.7. The zero-order valence-electron chi connectivity index (χ0n) is 23.9. The Hall–Kier alpha value is -4.52. The molecule has 0 spiro atoms. The zero-order chi connectivity index (χ0) is 34.8. The maximum absolute atomic E-state index is 12.2. The lowest BCUT2D eigenvalue weighted by molar-refractivity contribution is 0.385. The topological polar surface area (TPSA) is 204 Å². The normalized spacial score (nSPS) is 13.1. The lowest BCUT2D eigenvalue weighted by Crippen LogP contribution is -2.10. The number of halogens is 2. The van der Waals surface area contributed by atoms with E-state index >= 15 is 0 Å².